The lowest BCUT2D eigenvalue weighted by Gasteiger charge is -2.22. The number of aryl methyl sites for hydroxylation is 1. The lowest BCUT2D eigenvalue weighted by Crippen LogP contribution is -2.35. The van der Waals surface area contributed by atoms with E-state index in [9.17, 15) is 4.79 Å². The molecule has 1 aromatic carbocycles. The normalized spacial score (nSPS) is 10.4. The standard InChI is InChI=1S/C13H17BrINO2/c1-10-4-3-5-11(12(10)15)13(17)16(7-6-14)8-9-18-2/h3-5H,6-9H2,1-2H3. The Bertz CT molecular complexity index is 412. The SMILES string of the molecule is COCCN(CCBr)C(=O)c1cccc(C)c1I. The predicted octanol–water partition coefficient (Wildman–Crippen LogP) is 3.08. The molecule has 1 rings (SSSR count). The average Bonchev–Trinajstić information content (AvgIpc) is 2.37. The first-order valence-electron chi connectivity index (χ1n) is 5.71. The van der Waals surface area contributed by atoms with Crippen LogP contribution in [0.2, 0.25) is 0 Å². The molecule has 0 atom stereocenters. The van der Waals surface area contributed by atoms with Crippen LogP contribution in [0.5, 0.6) is 0 Å². The van der Waals surface area contributed by atoms with Crippen LogP contribution in [0.15, 0.2) is 18.2 Å². The van der Waals surface area contributed by atoms with Crippen LogP contribution in [0.25, 0.3) is 0 Å². The minimum absolute atomic E-state index is 0.0691. The van der Waals surface area contributed by atoms with Gasteiger partial charge in [0.05, 0.1) is 12.2 Å². The van der Waals surface area contributed by atoms with Gasteiger partial charge in [0.15, 0.2) is 0 Å². The second-order valence-corrected chi connectivity index (χ2v) is 5.78. The largest absolute Gasteiger partial charge is 0.383 e. The molecule has 0 radical (unpaired) electrons. The number of benzene rings is 1. The molecule has 0 unspecified atom stereocenters. The second-order valence-electron chi connectivity index (χ2n) is 3.91. The summed E-state index contributed by atoms with van der Waals surface area (Å²) in [6.45, 7) is 3.88. The van der Waals surface area contributed by atoms with Crippen molar-refractivity contribution in [3.05, 3.63) is 32.9 Å². The number of carbonyl (C=O) groups excluding carboxylic acids is 1. The Kier molecular flexibility index (Phi) is 7.18. The first-order valence-corrected chi connectivity index (χ1v) is 7.91. The quantitative estimate of drug-likeness (QED) is 0.517. The Balaban J connectivity index is 2.90. The van der Waals surface area contributed by atoms with Crippen LogP contribution in [0.3, 0.4) is 0 Å². The van der Waals surface area contributed by atoms with Crippen molar-refractivity contribution in [2.45, 2.75) is 6.92 Å². The Labute approximate surface area is 130 Å². The minimum Gasteiger partial charge on any atom is -0.383 e. The molecule has 0 spiro atoms. The maximum atomic E-state index is 12.5. The molecule has 3 nitrogen and oxygen atoms in total. The second kappa shape index (κ2) is 8.12. The Hall–Kier alpha value is -0.140. The average molecular weight is 426 g/mol. The van der Waals surface area contributed by atoms with E-state index in [2.05, 4.69) is 38.5 Å². The van der Waals surface area contributed by atoms with Gasteiger partial charge in [0.25, 0.3) is 5.91 Å². The van der Waals surface area contributed by atoms with Crippen molar-refractivity contribution in [3.63, 3.8) is 0 Å². The number of alkyl halides is 1. The molecule has 0 aliphatic heterocycles. The van der Waals surface area contributed by atoms with Gasteiger partial charge in [-0.1, -0.05) is 28.1 Å². The smallest absolute Gasteiger partial charge is 0.255 e. The fourth-order valence-electron chi connectivity index (χ4n) is 1.60. The zero-order chi connectivity index (χ0) is 13.5. The van der Waals surface area contributed by atoms with E-state index in [1.165, 1.54) is 0 Å². The number of ether oxygens (including phenoxy) is 1. The van der Waals surface area contributed by atoms with Crippen molar-refractivity contribution in [2.24, 2.45) is 0 Å². The van der Waals surface area contributed by atoms with Crippen molar-refractivity contribution in [3.8, 4) is 0 Å². The summed E-state index contributed by atoms with van der Waals surface area (Å²) in [6, 6.07) is 5.82. The van der Waals surface area contributed by atoms with Crippen molar-refractivity contribution in [1.29, 1.82) is 0 Å². The fourth-order valence-corrected chi connectivity index (χ4v) is 2.62. The fraction of sp³-hybridized carbons (Fsp3) is 0.462. The maximum Gasteiger partial charge on any atom is 0.255 e. The van der Waals surface area contributed by atoms with E-state index in [1.807, 2.05) is 30.0 Å². The maximum absolute atomic E-state index is 12.5. The summed E-state index contributed by atoms with van der Waals surface area (Å²) in [5, 5.41) is 0.769. The summed E-state index contributed by atoms with van der Waals surface area (Å²) in [7, 11) is 1.65. The van der Waals surface area contributed by atoms with Gasteiger partial charge in [-0.15, -0.1) is 0 Å². The summed E-state index contributed by atoms with van der Waals surface area (Å²) in [6.07, 6.45) is 0. The number of amides is 1. The molecule has 0 saturated heterocycles. The molecule has 0 fully saturated rings. The highest BCUT2D eigenvalue weighted by molar-refractivity contribution is 14.1. The van der Waals surface area contributed by atoms with E-state index >= 15 is 0 Å². The molecule has 0 aromatic heterocycles. The molecule has 0 bridgehead atoms. The highest BCUT2D eigenvalue weighted by Crippen LogP contribution is 2.18. The van der Waals surface area contributed by atoms with Crippen molar-refractivity contribution in [2.75, 3.05) is 32.1 Å². The van der Waals surface area contributed by atoms with Gasteiger partial charge in [-0.3, -0.25) is 4.79 Å². The van der Waals surface area contributed by atoms with Crippen LogP contribution >= 0.6 is 38.5 Å². The van der Waals surface area contributed by atoms with Crippen molar-refractivity contribution in [1.82, 2.24) is 4.90 Å². The molecule has 18 heavy (non-hydrogen) atoms. The summed E-state index contributed by atoms with van der Waals surface area (Å²) >= 11 is 5.61. The van der Waals surface area contributed by atoms with Crippen LogP contribution in [-0.2, 0) is 4.74 Å². The highest BCUT2D eigenvalue weighted by atomic mass is 127. The predicted molar refractivity (Wildman–Crippen MR) is 85.5 cm³/mol. The molecule has 1 aromatic rings. The Morgan fingerprint density at radius 1 is 1.44 bits per heavy atom. The zero-order valence-electron chi connectivity index (χ0n) is 10.6. The van der Waals surface area contributed by atoms with Gasteiger partial charge < -0.3 is 9.64 Å². The molecule has 0 aliphatic carbocycles. The third-order valence-electron chi connectivity index (χ3n) is 2.63. The van der Waals surface area contributed by atoms with Gasteiger partial charge in [-0.2, -0.15) is 0 Å². The summed E-state index contributed by atoms with van der Waals surface area (Å²) < 4.78 is 6.07. The van der Waals surface area contributed by atoms with Crippen LogP contribution < -0.4 is 0 Å². The van der Waals surface area contributed by atoms with Gasteiger partial charge in [-0.05, 0) is 41.1 Å². The van der Waals surface area contributed by atoms with Gasteiger partial charge in [0, 0.05) is 29.1 Å². The first kappa shape index (κ1) is 15.9. The number of hydrogen-bond donors (Lipinski definition) is 0. The third kappa shape index (κ3) is 4.20. The lowest BCUT2D eigenvalue weighted by molar-refractivity contribution is 0.0708. The third-order valence-corrected chi connectivity index (χ3v) is 4.42. The molecule has 0 heterocycles. The van der Waals surface area contributed by atoms with E-state index < -0.39 is 0 Å². The van der Waals surface area contributed by atoms with E-state index in [4.69, 9.17) is 4.74 Å². The molecule has 5 heteroatoms. The number of carbonyl (C=O) groups is 1. The number of halogens is 2. The Morgan fingerprint density at radius 2 is 2.17 bits per heavy atom. The van der Waals surface area contributed by atoms with Gasteiger partial charge in [0.2, 0.25) is 0 Å². The number of rotatable bonds is 6. The monoisotopic (exact) mass is 425 g/mol. The molecular weight excluding hydrogens is 409 g/mol. The van der Waals surface area contributed by atoms with Gasteiger partial charge >= 0.3 is 0 Å². The van der Waals surface area contributed by atoms with E-state index in [-0.39, 0.29) is 5.91 Å². The van der Waals surface area contributed by atoms with Gasteiger partial charge in [0.1, 0.15) is 0 Å². The van der Waals surface area contributed by atoms with E-state index in [0.717, 1.165) is 20.0 Å². The van der Waals surface area contributed by atoms with Gasteiger partial charge in [-0.25, -0.2) is 0 Å². The number of hydrogen-bond acceptors (Lipinski definition) is 2. The van der Waals surface area contributed by atoms with Crippen LogP contribution in [0.4, 0.5) is 0 Å². The summed E-state index contributed by atoms with van der Waals surface area (Å²) in [4.78, 5) is 14.3. The topological polar surface area (TPSA) is 29.5 Å². The first-order chi connectivity index (χ1) is 8.61. The molecule has 1 amide bonds. The molecule has 0 aliphatic rings. The van der Waals surface area contributed by atoms with Crippen LogP contribution in [0.1, 0.15) is 15.9 Å². The molecule has 0 saturated carbocycles. The van der Waals surface area contributed by atoms with Crippen molar-refractivity contribution >= 4 is 44.4 Å². The number of nitrogens with zero attached hydrogens (tertiary/aromatic N) is 1. The summed E-state index contributed by atoms with van der Waals surface area (Å²) in [5.74, 6) is 0.0691. The van der Waals surface area contributed by atoms with E-state index in [1.54, 1.807) is 7.11 Å². The lowest BCUT2D eigenvalue weighted by atomic mass is 10.1. The van der Waals surface area contributed by atoms with Crippen LogP contribution in [0, 0.1) is 10.5 Å². The van der Waals surface area contributed by atoms with Crippen molar-refractivity contribution < 1.29 is 9.53 Å². The molecule has 0 N–H and O–H groups in total. The molecular formula is C13H17BrINO2. The molecule has 100 valence electrons. The van der Waals surface area contributed by atoms with Crippen LogP contribution in [-0.4, -0.2) is 42.9 Å². The zero-order valence-corrected chi connectivity index (χ0v) is 14.3. The number of methoxy groups -OCH3 is 1. The van der Waals surface area contributed by atoms with E-state index in [0.29, 0.717) is 19.7 Å². The highest BCUT2D eigenvalue weighted by Gasteiger charge is 2.18. The Morgan fingerprint density at radius 3 is 2.78 bits per heavy atom. The minimum atomic E-state index is 0.0691. The summed E-state index contributed by atoms with van der Waals surface area (Å²) in [5.41, 5.74) is 1.90.